The van der Waals surface area contributed by atoms with E-state index in [1.165, 1.54) is 12.3 Å². The highest BCUT2D eigenvalue weighted by molar-refractivity contribution is 5.94. The van der Waals surface area contributed by atoms with Crippen molar-refractivity contribution in [2.24, 2.45) is 5.73 Å². The van der Waals surface area contributed by atoms with Gasteiger partial charge in [0.05, 0.1) is 6.42 Å². The van der Waals surface area contributed by atoms with Crippen LogP contribution < -0.4 is 5.73 Å². The van der Waals surface area contributed by atoms with E-state index in [2.05, 4.69) is 9.72 Å². The number of aromatic nitrogens is 1. The Morgan fingerprint density at radius 3 is 2.65 bits per heavy atom. The summed E-state index contributed by atoms with van der Waals surface area (Å²) in [7, 11) is 0. The Kier molecular flexibility index (Phi) is 4.19. The molecule has 1 rings (SSSR count). The van der Waals surface area contributed by atoms with Gasteiger partial charge in [-0.1, -0.05) is 6.07 Å². The predicted molar refractivity (Wildman–Crippen MR) is 53.0 cm³/mol. The van der Waals surface area contributed by atoms with E-state index in [4.69, 9.17) is 5.73 Å². The quantitative estimate of drug-likeness (QED) is 0.651. The van der Waals surface area contributed by atoms with Gasteiger partial charge in [0.1, 0.15) is 11.9 Å². The number of carbonyl (C=O) groups is 1. The van der Waals surface area contributed by atoms with Gasteiger partial charge in [-0.05, 0) is 18.6 Å². The molecule has 0 spiro atoms. The normalized spacial score (nSPS) is 13.5. The lowest BCUT2D eigenvalue weighted by Crippen LogP contribution is -2.33. The number of ether oxygens (including phenoxy) is 1. The first-order valence-electron chi connectivity index (χ1n) is 4.74. The number of Topliss-reactive ketones (excluding diaryl/α,β-unsaturated/α-hetero) is 1. The number of rotatable bonds is 4. The number of halogens is 3. The summed E-state index contributed by atoms with van der Waals surface area (Å²) in [6.07, 6.45) is -5.69. The van der Waals surface area contributed by atoms with Gasteiger partial charge in [0.2, 0.25) is 0 Å². The highest BCUT2D eigenvalue weighted by Crippen LogP contribution is 2.18. The molecule has 1 aromatic rings. The molecule has 0 fully saturated rings. The largest absolute Gasteiger partial charge is 0.524 e. The summed E-state index contributed by atoms with van der Waals surface area (Å²) < 4.78 is 38.8. The number of alkyl halides is 3. The molecule has 0 aliphatic heterocycles. The molecular formula is C10H11F3N2O2. The second-order valence-electron chi connectivity index (χ2n) is 3.45. The monoisotopic (exact) mass is 248 g/mol. The Labute approximate surface area is 95.6 Å². The maximum absolute atomic E-state index is 11.8. The van der Waals surface area contributed by atoms with Gasteiger partial charge in [0.25, 0.3) is 0 Å². The molecule has 7 heteroatoms. The molecule has 1 atom stereocenters. The third-order valence-corrected chi connectivity index (χ3v) is 1.87. The van der Waals surface area contributed by atoms with Crippen molar-refractivity contribution in [1.82, 2.24) is 4.98 Å². The molecule has 0 bridgehead atoms. The summed E-state index contributed by atoms with van der Waals surface area (Å²) in [5.41, 5.74) is 5.95. The number of pyridine rings is 1. The van der Waals surface area contributed by atoms with Crippen LogP contribution >= 0.6 is 0 Å². The summed E-state index contributed by atoms with van der Waals surface area (Å²) in [6, 6.07) is 3.06. The van der Waals surface area contributed by atoms with E-state index in [0.29, 0.717) is 0 Å². The fourth-order valence-electron chi connectivity index (χ4n) is 1.13. The fraction of sp³-hybridized carbons (Fsp3) is 0.400. The number of nitrogens with zero attached hydrogens (tertiary/aromatic N) is 1. The number of carbonyl (C=O) groups excluding carboxylic acids is 1. The topological polar surface area (TPSA) is 65.2 Å². The minimum Gasteiger partial charge on any atom is -0.305 e. The van der Waals surface area contributed by atoms with Gasteiger partial charge in [-0.2, -0.15) is 0 Å². The zero-order valence-corrected chi connectivity index (χ0v) is 8.99. The van der Waals surface area contributed by atoms with Crippen molar-refractivity contribution >= 4 is 5.78 Å². The van der Waals surface area contributed by atoms with Gasteiger partial charge in [-0.15, -0.1) is 13.2 Å². The lowest BCUT2D eigenvalue weighted by atomic mass is 10.1. The second kappa shape index (κ2) is 5.24. The molecular weight excluding hydrogens is 237 g/mol. The number of hydrogen-bond acceptors (Lipinski definition) is 4. The average Bonchev–Trinajstić information content (AvgIpc) is 2.15. The summed E-state index contributed by atoms with van der Waals surface area (Å²) in [6.45, 7) is 1.78. The molecule has 0 radical (unpaired) electrons. The molecule has 0 aromatic carbocycles. The molecule has 0 aliphatic carbocycles. The zero-order chi connectivity index (χ0) is 13.1. The van der Waals surface area contributed by atoms with Crippen LogP contribution in [0.3, 0.4) is 0 Å². The molecule has 0 saturated carbocycles. The number of nitrogens with two attached hydrogens (primary N) is 1. The minimum absolute atomic E-state index is 0.0665. The Balaban J connectivity index is 2.57. The Morgan fingerprint density at radius 1 is 1.53 bits per heavy atom. The van der Waals surface area contributed by atoms with Crippen LogP contribution in [-0.2, 0) is 4.74 Å². The van der Waals surface area contributed by atoms with Crippen LogP contribution in [0.4, 0.5) is 13.2 Å². The Hall–Kier alpha value is -1.47. The van der Waals surface area contributed by atoms with Crippen molar-refractivity contribution in [3.05, 3.63) is 29.6 Å². The molecule has 0 saturated heterocycles. The molecule has 0 aliphatic rings. The summed E-state index contributed by atoms with van der Waals surface area (Å²) >= 11 is 0. The SMILES string of the molecule is Cc1ccc(C(=O)C[C@@H](N)OC(F)(F)F)nc1. The van der Waals surface area contributed by atoms with Crippen molar-refractivity contribution in [3.8, 4) is 0 Å². The second-order valence-corrected chi connectivity index (χ2v) is 3.45. The minimum atomic E-state index is -4.85. The summed E-state index contributed by atoms with van der Waals surface area (Å²) in [5.74, 6) is -0.596. The zero-order valence-electron chi connectivity index (χ0n) is 8.99. The van der Waals surface area contributed by atoms with E-state index in [1.807, 2.05) is 0 Å². The van der Waals surface area contributed by atoms with Crippen LogP contribution in [0.15, 0.2) is 18.3 Å². The smallest absolute Gasteiger partial charge is 0.305 e. The first kappa shape index (κ1) is 13.6. The molecule has 1 aromatic heterocycles. The van der Waals surface area contributed by atoms with Crippen LogP contribution in [0.2, 0.25) is 0 Å². The third-order valence-electron chi connectivity index (χ3n) is 1.87. The van der Waals surface area contributed by atoms with Gasteiger partial charge in [-0.3, -0.25) is 14.5 Å². The highest BCUT2D eigenvalue weighted by atomic mass is 19.4. The molecule has 1 heterocycles. The van der Waals surface area contributed by atoms with Gasteiger partial charge in [-0.25, -0.2) is 0 Å². The van der Waals surface area contributed by atoms with Crippen LogP contribution in [-0.4, -0.2) is 23.4 Å². The van der Waals surface area contributed by atoms with E-state index >= 15 is 0 Å². The van der Waals surface area contributed by atoms with Gasteiger partial charge >= 0.3 is 6.36 Å². The molecule has 4 nitrogen and oxygen atoms in total. The van der Waals surface area contributed by atoms with E-state index in [1.54, 1.807) is 13.0 Å². The summed E-state index contributed by atoms with van der Waals surface area (Å²) in [5, 5.41) is 0. The van der Waals surface area contributed by atoms with E-state index in [9.17, 15) is 18.0 Å². The maximum Gasteiger partial charge on any atom is 0.524 e. The molecule has 0 unspecified atom stereocenters. The number of ketones is 1. The van der Waals surface area contributed by atoms with Gasteiger partial charge in [0, 0.05) is 6.20 Å². The first-order chi connectivity index (χ1) is 7.78. The summed E-state index contributed by atoms with van der Waals surface area (Å²) in [4.78, 5) is 15.2. The van der Waals surface area contributed by atoms with Gasteiger partial charge < -0.3 is 5.73 Å². The van der Waals surface area contributed by atoms with E-state index in [0.717, 1.165) is 5.56 Å². The Bertz CT molecular complexity index is 390. The van der Waals surface area contributed by atoms with Crippen molar-refractivity contribution < 1.29 is 22.7 Å². The maximum atomic E-state index is 11.8. The Morgan fingerprint density at radius 2 is 2.18 bits per heavy atom. The number of hydrogen-bond donors (Lipinski definition) is 1. The lowest BCUT2D eigenvalue weighted by Gasteiger charge is -2.13. The lowest BCUT2D eigenvalue weighted by molar-refractivity contribution is -0.341. The van der Waals surface area contributed by atoms with E-state index < -0.39 is 24.8 Å². The number of aryl methyl sites for hydroxylation is 1. The van der Waals surface area contributed by atoms with Crippen LogP contribution in [0.5, 0.6) is 0 Å². The van der Waals surface area contributed by atoms with Crippen molar-refractivity contribution in [2.75, 3.05) is 0 Å². The first-order valence-corrected chi connectivity index (χ1v) is 4.74. The predicted octanol–water partition coefficient (Wildman–Crippen LogP) is 1.78. The van der Waals surface area contributed by atoms with E-state index in [-0.39, 0.29) is 5.69 Å². The van der Waals surface area contributed by atoms with Crippen LogP contribution in [0.1, 0.15) is 22.5 Å². The van der Waals surface area contributed by atoms with Crippen molar-refractivity contribution in [3.63, 3.8) is 0 Å². The standard InChI is InChI=1S/C10H11F3N2O2/c1-6-2-3-7(15-5-6)8(16)4-9(14)17-10(11,12)13/h2-3,5,9H,4,14H2,1H3/t9-/m0/s1. The fourth-order valence-corrected chi connectivity index (χ4v) is 1.13. The van der Waals surface area contributed by atoms with Crippen molar-refractivity contribution in [1.29, 1.82) is 0 Å². The molecule has 17 heavy (non-hydrogen) atoms. The molecule has 2 N–H and O–H groups in total. The van der Waals surface area contributed by atoms with Crippen LogP contribution in [0, 0.1) is 6.92 Å². The third kappa shape index (κ3) is 4.92. The van der Waals surface area contributed by atoms with Crippen LogP contribution in [0.25, 0.3) is 0 Å². The van der Waals surface area contributed by atoms with Crippen molar-refractivity contribution in [2.45, 2.75) is 25.9 Å². The average molecular weight is 248 g/mol. The highest BCUT2D eigenvalue weighted by Gasteiger charge is 2.33. The molecule has 0 amide bonds. The molecule has 94 valence electrons. The van der Waals surface area contributed by atoms with Gasteiger partial charge in [0.15, 0.2) is 5.78 Å².